The molecule has 0 fully saturated rings. The third kappa shape index (κ3) is 3.09. The van der Waals surface area contributed by atoms with Crippen molar-refractivity contribution < 1.29 is 0 Å². The molecule has 0 aliphatic rings. The highest BCUT2D eigenvalue weighted by atomic mass is 32.1. The number of rotatable bonds is 4. The molecular formula is C30H22S2. The Balaban J connectivity index is 1.63. The lowest BCUT2D eigenvalue weighted by Gasteiger charge is -2.16. The van der Waals surface area contributed by atoms with Crippen LogP contribution in [0.2, 0.25) is 0 Å². The molecule has 6 aromatic rings. The molecule has 0 saturated heterocycles. The molecule has 0 nitrogen and oxygen atoms in total. The van der Waals surface area contributed by atoms with Crippen molar-refractivity contribution in [3.05, 3.63) is 108 Å². The molecule has 0 saturated carbocycles. The molecule has 0 aromatic heterocycles. The topological polar surface area (TPSA) is 0 Å². The van der Waals surface area contributed by atoms with Crippen molar-refractivity contribution in [1.82, 2.24) is 0 Å². The number of benzene rings is 6. The zero-order valence-corrected chi connectivity index (χ0v) is 19.3. The maximum atomic E-state index is 4.40. The van der Waals surface area contributed by atoms with Gasteiger partial charge in [-0.05, 0) is 65.7 Å². The SMILES string of the molecule is SCc1ccc(-c2ccc3ccc4c(-c5ccc(CS)cc5)ccc5ccc2c3c54)cc1. The monoisotopic (exact) mass is 446 g/mol. The van der Waals surface area contributed by atoms with Gasteiger partial charge in [-0.15, -0.1) is 0 Å². The van der Waals surface area contributed by atoms with E-state index in [1.165, 1.54) is 65.7 Å². The summed E-state index contributed by atoms with van der Waals surface area (Å²) < 4.78 is 0. The summed E-state index contributed by atoms with van der Waals surface area (Å²) in [6, 6.07) is 35.7. The molecular weight excluding hydrogens is 424 g/mol. The first kappa shape index (κ1) is 19.7. The van der Waals surface area contributed by atoms with Crippen LogP contribution in [0.3, 0.4) is 0 Å². The molecule has 0 amide bonds. The van der Waals surface area contributed by atoms with Crippen LogP contribution in [0, 0.1) is 0 Å². The maximum Gasteiger partial charge on any atom is 0.0154 e. The summed E-state index contributed by atoms with van der Waals surface area (Å²) in [4.78, 5) is 0. The molecule has 0 radical (unpaired) electrons. The Morgan fingerprint density at radius 3 is 1.16 bits per heavy atom. The first-order valence-electron chi connectivity index (χ1n) is 10.9. The third-order valence-corrected chi connectivity index (χ3v) is 7.29. The lowest BCUT2D eigenvalue weighted by atomic mass is 9.87. The fraction of sp³-hybridized carbons (Fsp3) is 0.0667. The van der Waals surface area contributed by atoms with E-state index in [0.717, 1.165) is 11.5 Å². The molecule has 154 valence electrons. The lowest BCUT2D eigenvalue weighted by Crippen LogP contribution is -1.90. The molecule has 2 heteroatoms. The molecule has 6 aromatic carbocycles. The van der Waals surface area contributed by atoms with E-state index in [1.807, 2.05) is 0 Å². The standard InChI is InChI=1S/C30H22S2/c31-17-19-1-5-21(6-2-19)25-13-9-23-12-16-28-26(22-7-3-20(18-32)4-8-22)14-10-24-11-15-27(25)29(23)30(24)28/h1-16,31-32H,17-18H2. The van der Waals surface area contributed by atoms with Crippen molar-refractivity contribution in [2.24, 2.45) is 0 Å². The van der Waals surface area contributed by atoms with E-state index >= 15 is 0 Å². The Morgan fingerprint density at radius 1 is 0.406 bits per heavy atom. The molecule has 0 aliphatic carbocycles. The van der Waals surface area contributed by atoms with Gasteiger partial charge in [-0.2, -0.15) is 25.3 Å². The lowest BCUT2D eigenvalue weighted by molar-refractivity contribution is 1.43. The molecule has 0 bridgehead atoms. The van der Waals surface area contributed by atoms with Crippen molar-refractivity contribution in [2.45, 2.75) is 11.5 Å². The second kappa shape index (κ2) is 7.88. The average Bonchev–Trinajstić information content (AvgIpc) is 2.87. The van der Waals surface area contributed by atoms with Gasteiger partial charge in [0.25, 0.3) is 0 Å². The number of hydrogen-bond donors (Lipinski definition) is 2. The predicted molar refractivity (Wildman–Crippen MR) is 146 cm³/mol. The summed E-state index contributed by atoms with van der Waals surface area (Å²) in [6.07, 6.45) is 0. The van der Waals surface area contributed by atoms with Crippen molar-refractivity contribution in [3.8, 4) is 22.3 Å². The molecule has 0 atom stereocenters. The van der Waals surface area contributed by atoms with Crippen LogP contribution >= 0.6 is 25.3 Å². The van der Waals surface area contributed by atoms with Crippen molar-refractivity contribution in [3.63, 3.8) is 0 Å². The highest BCUT2D eigenvalue weighted by Crippen LogP contribution is 2.42. The van der Waals surface area contributed by atoms with Gasteiger partial charge in [0, 0.05) is 11.5 Å². The Hall–Kier alpha value is -2.94. The predicted octanol–water partition coefficient (Wildman–Crippen LogP) is 8.78. The summed E-state index contributed by atoms with van der Waals surface area (Å²) in [6.45, 7) is 0. The quantitative estimate of drug-likeness (QED) is 0.196. The normalized spacial score (nSPS) is 11.7. The highest BCUT2D eigenvalue weighted by molar-refractivity contribution is 7.79. The van der Waals surface area contributed by atoms with E-state index in [1.54, 1.807) is 0 Å². The van der Waals surface area contributed by atoms with E-state index in [9.17, 15) is 0 Å². The van der Waals surface area contributed by atoms with E-state index in [2.05, 4.69) is 122 Å². The second-order valence-corrected chi connectivity index (χ2v) is 8.99. The maximum absolute atomic E-state index is 4.40. The van der Waals surface area contributed by atoms with Crippen LogP contribution in [-0.4, -0.2) is 0 Å². The highest BCUT2D eigenvalue weighted by Gasteiger charge is 2.14. The van der Waals surface area contributed by atoms with Crippen LogP contribution in [0.15, 0.2) is 97.1 Å². The molecule has 0 heterocycles. The van der Waals surface area contributed by atoms with Gasteiger partial charge in [-0.25, -0.2) is 0 Å². The van der Waals surface area contributed by atoms with Crippen LogP contribution < -0.4 is 0 Å². The minimum atomic E-state index is 0.760. The molecule has 0 aliphatic heterocycles. The first-order chi connectivity index (χ1) is 15.8. The molecule has 0 spiro atoms. The van der Waals surface area contributed by atoms with Gasteiger partial charge in [0.05, 0.1) is 0 Å². The third-order valence-electron chi connectivity index (χ3n) is 6.56. The fourth-order valence-electron chi connectivity index (χ4n) is 4.88. The van der Waals surface area contributed by atoms with Crippen LogP contribution in [0.4, 0.5) is 0 Å². The van der Waals surface area contributed by atoms with Crippen molar-refractivity contribution >= 4 is 57.6 Å². The molecule has 0 unspecified atom stereocenters. The smallest absolute Gasteiger partial charge is 0.0154 e. The Labute approximate surface area is 199 Å². The fourth-order valence-corrected chi connectivity index (χ4v) is 5.31. The van der Waals surface area contributed by atoms with Gasteiger partial charge < -0.3 is 0 Å². The van der Waals surface area contributed by atoms with E-state index < -0.39 is 0 Å². The Bertz CT molecular complexity index is 1440. The Kier molecular flexibility index (Phi) is 4.86. The van der Waals surface area contributed by atoms with Gasteiger partial charge in [0.2, 0.25) is 0 Å². The van der Waals surface area contributed by atoms with Gasteiger partial charge in [0.15, 0.2) is 0 Å². The zero-order chi connectivity index (χ0) is 21.7. The van der Waals surface area contributed by atoms with E-state index in [-0.39, 0.29) is 0 Å². The van der Waals surface area contributed by atoms with Gasteiger partial charge in [-0.1, -0.05) is 97.1 Å². The van der Waals surface area contributed by atoms with Crippen molar-refractivity contribution in [1.29, 1.82) is 0 Å². The summed E-state index contributed by atoms with van der Waals surface area (Å²) in [5.74, 6) is 1.52. The number of thiol groups is 2. The van der Waals surface area contributed by atoms with Crippen LogP contribution in [0.1, 0.15) is 11.1 Å². The van der Waals surface area contributed by atoms with E-state index in [0.29, 0.717) is 0 Å². The van der Waals surface area contributed by atoms with Gasteiger partial charge in [-0.3, -0.25) is 0 Å². The minimum absolute atomic E-state index is 0.760. The van der Waals surface area contributed by atoms with E-state index in [4.69, 9.17) is 0 Å². The molecule has 32 heavy (non-hydrogen) atoms. The first-order valence-corrected chi connectivity index (χ1v) is 12.1. The zero-order valence-electron chi connectivity index (χ0n) is 17.5. The van der Waals surface area contributed by atoms with Crippen LogP contribution in [0.25, 0.3) is 54.6 Å². The van der Waals surface area contributed by atoms with Gasteiger partial charge in [0.1, 0.15) is 0 Å². The largest absolute Gasteiger partial charge is 0.175 e. The summed E-state index contributed by atoms with van der Waals surface area (Å²) in [5, 5.41) is 7.89. The van der Waals surface area contributed by atoms with Crippen LogP contribution in [-0.2, 0) is 11.5 Å². The second-order valence-electron chi connectivity index (χ2n) is 8.36. The molecule has 6 rings (SSSR count). The summed E-state index contributed by atoms with van der Waals surface area (Å²) in [7, 11) is 0. The Morgan fingerprint density at radius 2 is 0.781 bits per heavy atom. The summed E-state index contributed by atoms with van der Waals surface area (Å²) in [5.41, 5.74) is 7.53. The van der Waals surface area contributed by atoms with Crippen molar-refractivity contribution in [2.75, 3.05) is 0 Å². The average molecular weight is 447 g/mol. The minimum Gasteiger partial charge on any atom is -0.175 e. The molecule has 0 N–H and O–H groups in total. The summed E-state index contributed by atoms with van der Waals surface area (Å²) >= 11 is 8.81. The van der Waals surface area contributed by atoms with Gasteiger partial charge >= 0.3 is 0 Å². The van der Waals surface area contributed by atoms with Crippen LogP contribution in [0.5, 0.6) is 0 Å². The number of hydrogen-bond acceptors (Lipinski definition) is 2.